The van der Waals surface area contributed by atoms with Crippen molar-refractivity contribution in [3.63, 3.8) is 0 Å². The van der Waals surface area contributed by atoms with E-state index in [1.807, 2.05) is 0 Å². The van der Waals surface area contributed by atoms with Gasteiger partial charge >= 0.3 is 0 Å². The molecule has 3 nitrogen and oxygen atoms in total. The Kier molecular flexibility index (Phi) is 3.06. The molecule has 0 amide bonds. The van der Waals surface area contributed by atoms with Gasteiger partial charge in [-0.15, -0.1) is 0 Å². The van der Waals surface area contributed by atoms with Crippen LogP contribution < -0.4 is 5.73 Å². The summed E-state index contributed by atoms with van der Waals surface area (Å²) in [6.07, 6.45) is 0. The number of benzene rings is 2. The van der Waals surface area contributed by atoms with Gasteiger partial charge < -0.3 is 10.2 Å². The molecule has 0 saturated carbocycles. The van der Waals surface area contributed by atoms with Crippen molar-refractivity contribution in [2.24, 2.45) is 0 Å². The second-order valence-corrected chi connectivity index (χ2v) is 5.82. The molecule has 0 atom stereocenters. The monoisotopic (exact) mass is 384 g/mol. The molecule has 0 fully saturated rings. The van der Waals surface area contributed by atoms with E-state index in [1.165, 1.54) is 6.07 Å². The quantitative estimate of drug-likeness (QED) is 0.615. The molecular weight excluding hydrogens is 379 g/mol. The third-order valence-electron chi connectivity index (χ3n) is 2.64. The average Bonchev–Trinajstić information content (AvgIpc) is 2.76. The Balaban J connectivity index is 2.26. The van der Waals surface area contributed by atoms with Crippen molar-refractivity contribution in [2.45, 2.75) is 0 Å². The van der Waals surface area contributed by atoms with Crippen LogP contribution in [-0.4, -0.2) is 4.98 Å². The summed E-state index contributed by atoms with van der Waals surface area (Å²) in [6, 6.07) is 8.08. The number of hydrogen-bond acceptors (Lipinski definition) is 3. The van der Waals surface area contributed by atoms with Crippen LogP contribution in [0.3, 0.4) is 0 Å². The predicted octanol–water partition coefficient (Wildman–Crippen LogP) is 4.74. The van der Waals surface area contributed by atoms with Gasteiger partial charge in [0.05, 0.1) is 11.3 Å². The van der Waals surface area contributed by atoms with E-state index in [1.54, 1.807) is 24.3 Å². The topological polar surface area (TPSA) is 52.0 Å². The Morgan fingerprint density at radius 3 is 2.68 bits per heavy atom. The van der Waals surface area contributed by atoms with Crippen molar-refractivity contribution < 1.29 is 8.81 Å². The van der Waals surface area contributed by atoms with Gasteiger partial charge in [-0.25, -0.2) is 9.37 Å². The zero-order chi connectivity index (χ0) is 13.6. The minimum Gasteiger partial charge on any atom is -0.434 e. The molecule has 0 spiro atoms. The van der Waals surface area contributed by atoms with Gasteiger partial charge in [0.25, 0.3) is 0 Å². The fraction of sp³-hybridized carbons (Fsp3) is 0. The number of nitrogens with two attached hydrogens (primary N) is 1. The molecule has 3 aromatic rings. The van der Waals surface area contributed by atoms with E-state index in [2.05, 4.69) is 36.8 Å². The maximum atomic E-state index is 13.8. The van der Waals surface area contributed by atoms with E-state index < -0.39 is 5.82 Å². The molecule has 19 heavy (non-hydrogen) atoms. The minimum atomic E-state index is -0.396. The molecule has 1 heterocycles. The van der Waals surface area contributed by atoms with Gasteiger partial charge in [-0.3, -0.25) is 0 Å². The Bertz CT molecular complexity index is 786. The molecule has 6 heteroatoms. The maximum absolute atomic E-state index is 13.8. The van der Waals surface area contributed by atoms with Crippen LogP contribution in [0.5, 0.6) is 0 Å². The van der Waals surface area contributed by atoms with Crippen LogP contribution in [0.2, 0.25) is 0 Å². The predicted molar refractivity (Wildman–Crippen MR) is 79.2 cm³/mol. The number of hydrogen-bond donors (Lipinski definition) is 1. The molecule has 0 aliphatic heterocycles. The summed E-state index contributed by atoms with van der Waals surface area (Å²) in [6.45, 7) is 0. The van der Waals surface area contributed by atoms with Gasteiger partial charge in [0, 0.05) is 8.95 Å². The smallest absolute Gasteiger partial charge is 0.230 e. The van der Waals surface area contributed by atoms with E-state index >= 15 is 0 Å². The highest BCUT2D eigenvalue weighted by atomic mass is 79.9. The first-order chi connectivity index (χ1) is 9.04. The van der Waals surface area contributed by atoms with Crippen LogP contribution in [-0.2, 0) is 0 Å². The molecule has 1 aromatic heterocycles. The van der Waals surface area contributed by atoms with Crippen molar-refractivity contribution in [3.8, 4) is 11.5 Å². The number of halogens is 3. The van der Waals surface area contributed by atoms with Crippen molar-refractivity contribution >= 4 is 48.6 Å². The first kappa shape index (κ1) is 12.6. The SMILES string of the molecule is Nc1cc(Br)cc2nc(-c3cc(Br)ccc3F)oc12. The Hall–Kier alpha value is -1.40. The number of rotatable bonds is 1. The van der Waals surface area contributed by atoms with Crippen LogP contribution in [0.1, 0.15) is 0 Å². The van der Waals surface area contributed by atoms with E-state index in [0.29, 0.717) is 22.4 Å². The number of oxazole rings is 1. The third-order valence-corrected chi connectivity index (χ3v) is 3.59. The zero-order valence-corrected chi connectivity index (χ0v) is 12.6. The fourth-order valence-electron chi connectivity index (χ4n) is 1.80. The highest BCUT2D eigenvalue weighted by molar-refractivity contribution is 9.10. The van der Waals surface area contributed by atoms with Gasteiger partial charge in [0.1, 0.15) is 11.3 Å². The molecule has 0 bridgehead atoms. The average molecular weight is 386 g/mol. The van der Waals surface area contributed by atoms with Gasteiger partial charge in [-0.1, -0.05) is 31.9 Å². The van der Waals surface area contributed by atoms with Gasteiger partial charge in [-0.2, -0.15) is 0 Å². The molecule has 0 saturated heterocycles. The lowest BCUT2D eigenvalue weighted by Crippen LogP contribution is -1.84. The molecule has 2 aromatic carbocycles. The maximum Gasteiger partial charge on any atom is 0.230 e. The van der Waals surface area contributed by atoms with Crippen LogP contribution >= 0.6 is 31.9 Å². The van der Waals surface area contributed by atoms with Crippen LogP contribution in [0.15, 0.2) is 43.7 Å². The van der Waals surface area contributed by atoms with E-state index in [4.69, 9.17) is 10.2 Å². The fourth-order valence-corrected chi connectivity index (χ4v) is 2.62. The Morgan fingerprint density at radius 1 is 1.11 bits per heavy atom. The standard InChI is InChI=1S/C13H7Br2FN2O/c14-6-1-2-9(16)8(3-6)13-18-11-5-7(15)4-10(17)12(11)19-13/h1-5H,17H2. The summed E-state index contributed by atoms with van der Waals surface area (Å²) >= 11 is 6.63. The summed E-state index contributed by atoms with van der Waals surface area (Å²) < 4.78 is 20.9. The molecule has 0 radical (unpaired) electrons. The molecule has 0 aliphatic carbocycles. The molecule has 0 unspecified atom stereocenters. The van der Waals surface area contributed by atoms with Crippen LogP contribution in [0.25, 0.3) is 22.6 Å². The lowest BCUT2D eigenvalue weighted by Gasteiger charge is -1.98. The largest absolute Gasteiger partial charge is 0.434 e. The highest BCUT2D eigenvalue weighted by Gasteiger charge is 2.15. The molecular formula is C13H7Br2FN2O. The Labute approximate surface area is 124 Å². The Morgan fingerprint density at radius 2 is 1.89 bits per heavy atom. The van der Waals surface area contributed by atoms with Gasteiger partial charge in [-0.05, 0) is 30.3 Å². The normalized spacial score (nSPS) is 11.1. The summed E-state index contributed by atoms with van der Waals surface area (Å²) in [5.41, 5.74) is 7.64. The molecule has 0 aliphatic rings. The van der Waals surface area contributed by atoms with Crippen LogP contribution in [0.4, 0.5) is 10.1 Å². The number of nitrogens with zero attached hydrogens (tertiary/aromatic N) is 1. The van der Waals surface area contributed by atoms with Crippen molar-refractivity contribution in [1.29, 1.82) is 0 Å². The van der Waals surface area contributed by atoms with Crippen molar-refractivity contribution in [3.05, 3.63) is 45.1 Å². The second kappa shape index (κ2) is 4.61. The zero-order valence-electron chi connectivity index (χ0n) is 9.45. The first-order valence-electron chi connectivity index (χ1n) is 5.35. The molecule has 3 rings (SSSR count). The van der Waals surface area contributed by atoms with E-state index in [9.17, 15) is 4.39 Å². The third kappa shape index (κ3) is 2.26. The number of aromatic nitrogens is 1. The van der Waals surface area contributed by atoms with Crippen molar-refractivity contribution in [1.82, 2.24) is 4.98 Å². The number of fused-ring (bicyclic) bond motifs is 1. The lowest BCUT2D eigenvalue weighted by molar-refractivity contribution is 0.594. The highest BCUT2D eigenvalue weighted by Crippen LogP contribution is 2.32. The number of anilines is 1. The van der Waals surface area contributed by atoms with Gasteiger partial charge in [0.2, 0.25) is 5.89 Å². The lowest BCUT2D eigenvalue weighted by atomic mass is 10.2. The van der Waals surface area contributed by atoms with Crippen LogP contribution in [0, 0.1) is 5.82 Å². The van der Waals surface area contributed by atoms with E-state index in [-0.39, 0.29) is 5.89 Å². The second-order valence-electron chi connectivity index (χ2n) is 3.99. The minimum absolute atomic E-state index is 0.207. The van der Waals surface area contributed by atoms with E-state index in [0.717, 1.165) is 8.95 Å². The van der Waals surface area contributed by atoms with Gasteiger partial charge in [0.15, 0.2) is 5.58 Å². The molecule has 96 valence electrons. The summed E-state index contributed by atoms with van der Waals surface area (Å²) in [7, 11) is 0. The van der Waals surface area contributed by atoms with Crippen molar-refractivity contribution in [2.75, 3.05) is 5.73 Å². The first-order valence-corrected chi connectivity index (χ1v) is 6.94. The summed E-state index contributed by atoms with van der Waals surface area (Å²) in [5.74, 6) is -0.189. The number of nitrogen functional groups attached to an aromatic ring is 1. The summed E-state index contributed by atoms with van der Waals surface area (Å²) in [4.78, 5) is 4.27. The molecule has 2 N–H and O–H groups in total. The summed E-state index contributed by atoms with van der Waals surface area (Å²) in [5, 5.41) is 0.